The van der Waals surface area contributed by atoms with Crippen LogP contribution in [-0.2, 0) is 17.2 Å². The average Bonchev–Trinajstić information content (AvgIpc) is 3.25. The molecule has 6 nitrogen and oxygen atoms in total. The van der Waals surface area contributed by atoms with Gasteiger partial charge in [-0.1, -0.05) is 11.2 Å². The number of rotatable bonds is 5. The Hall–Kier alpha value is -1.61. The summed E-state index contributed by atoms with van der Waals surface area (Å²) in [5.41, 5.74) is 1.05. The number of aromatic nitrogens is 2. The van der Waals surface area contributed by atoms with E-state index in [0.29, 0.717) is 10.0 Å². The van der Waals surface area contributed by atoms with Gasteiger partial charge >= 0.3 is 0 Å². The highest BCUT2D eigenvalue weighted by Crippen LogP contribution is 2.31. The van der Waals surface area contributed by atoms with Crippen LogP contribution in [0.4, 0.5) is 4.39 Å². The van der Waals surface area contributed by atoms with Gasteiger partial charge in [0.25, 0.3) is 0 Å². The van der Waals surface area contributed by atoms with Gasteiger partial charge in [0, 0.05) is 11.7 Å². The molecule has 0 radical (unpaired) electrons. The van der Waals surface area contributed by atoms with Crippen LogP contribution in [0.25, 0.3) is 0 Å². The molecule has 1 heterocycles. The Kier molecular flexibility index (Phi) is 4.34. The van der Waals surface area contributed by atoms with Crippen LogP contribution in [0.15, 0.2) is 37.5 Å². The van der Waals surface area contributed by atoms with Gasteiger partial charge in [0.2, 0.25) is 5.03 Å². The molecular weight excluding hydrogens is 377 g/mol. The van der Waals surface area contributed by atoms with E-state index in [1.165, 1.54) is 6.07 Å². The molecule has 1 atom stereocenters. The molecule has 0 aliphatic heterocycles. The maximum Gasteiger partial charge on any atom is 0.201 e. The van der Waals surface area contributed by atoms with Crippen LogP contribution in [0.5, 0.6) is 0 Å². The molecule has 2 aromatic rings. The summed E-state index contributed by atoms with van der Waals surface area (Å²) in [4.78, 5) is 0. The SMILES string of the molecule is O=S(c1nonc1C(Cc1ccc(F)c(Br)c1)=NO)C1CC1. The molecule has 9 heteroatoms. The van der Waals surface area contributed by atoms with E-state index in [2.05, 4.69) is 36.0 Å². The number of oxime groups is 1. The van der Waals surface area contributed by atoms with E-state index >= 15 is 0 Å². The Morgan fingerprint density at radius 2 is 2.27 bits per heavy atom. The first kappa shape index (κ1) is 15.3. The summed E-state index contributed by atoms with van der Waals surface area (Å²) < 4.78 is 30.4. The van der Waals surface area contributed by atoms with Gasteiger partial charge in [0.15, 0.2) is 5.69 Å². The Labute approximate surface area is 135 Å². The molecule has 0 bridgehead atoms. The monoisotopic (exact) mass is 387 g/mol. The molecule has 1 aromatic heterocycles. The molecule has 3 rings (SSSR count). The molecule has 116 valence electrons. The van der Waals surface area contributed by atoms with Crippen LogP contribution < -0.4 is 0 Å². The zero-order valence-electron chi connectivity index (χ0n) is 11.2. The first-order valence-electron chi connectivity index (χ1n) is 6.48. The van der Waals surface area contributed by atoms with Crippen molar-refractivity contribution >= 4 is 32.4 Å². The lowest BCUT2D eigenvalue weighted by atomic mass is 10.1. The van der Waals surface area contributed by atoms with Gasteiger partial charge < -0.3 is 5.21 Å². The molecule has 1 aromatic carbocycles. The summed E-state index contributed by atoms with van der Waals surface area (Å²) in [6.07, 6.45) is 1.92. The Morgan fingerprint density at radius 1 is 1.50 bits per heavy atom. The molecule has 22 heavy (non-hydrogen) atoms. The maximum atomic E-state index is 13.3. The van der Waals surface area contributed by atoms with Crippen LogP contribution >= 0.6 is 15.9 Å². The Balaban J connectivity index is 1.87. The van der Waals surface area contributed by atoms with Gasteiger partial charge in [-0.05, 0) is 56.8 Å². The quantitative estimate of drug-likeness (QED) is 0.483. The van der Waals surface area contributed by atoms with Crippen LogP contribution in [0.2, 0.25) is 0 Å². The van der Waals surface area contributed by atoms with E-state index in [1.54, 1.807) is 12.1 Å². The van der Waals surface area contributed by atoms with Crippen molar-refractivity contribution in [1.29, 1.82) is 0 Å². The minimum atomic E-state index is -1.32. The van der Waals surface area contributed by atoms with Crippen LogP contribution in [0.3, 0.4) is 0 Å². The van der Waals surface area contributed by atoms with Crippen molar-refractivity contribution in [1.82, 2.24) is 10.3 Å². The van der Waals surface area contributed by atoms with Gasteiger partial charge in [-0.15, -0.1) is 0 Å². The zero-order chi connectivity index (χ0) is 15.7. The molecule has 1 unspecified atom stereocenters. The first-order chi connectivity index (χ1) is 10.6. The van der Waals surface area contributed by atoms with E-state index in [-0.39, 0.29) is 33.9 Å². The summed E-state index contributed by atoms with van der Waals surface area (Å²) in [6.45, 7) is 0. The predicted octanol–water partition coefficient (Wildman–Crippen LogP) is 2.66. The van der Waals surface area contributed by atoms with Gasteiger partial charge in [-0.2, -0.15) is 0 Å². The number of halogens is 2. The largest absolute Gasteiger partial charge is 0.411 e. The lowest BCUT2D eigenvalue weighted by molar-refractivity contribution is 0.296. The van der Waals surface area contributed by atoms with E-state index in [1.807, 2.05) is 0 Å². The van der Waals surface area contributed by atoms with Gasteiger partial charge in [0.05, 0.1) is 15.3 Å². The average molecular weight is 388 g/mol. The highest BCUT2D eigenvalue weighted by atomic mass is 79.9. The fourth-order valence-corrected chi connectivity index (χ4v) is 3.70. The smallest absolute Gasteiger partial charge is 0.201 e. The van der Waals surface area contributed by atoms with Gasteiger partial charge in [-0.25, -0.2) is 9.02 Å². The molecule has 1 aliphatic carbocycles. The van der Waals surface area contributed by atoms with Crippen molar-refractivity contribution in [3.05, 3.63) is 39.7 Å². The molecule has 1 aliphatic rings. The summed E-state index contributed by atoms with van der Waals surface area (Å²) >= 11 is 3.10. The molecule has 0 amide bonds. The Morgan fingerprint density at radius 3 is 2.91 bits per heavy atom. The summed E-state index contributed by atoms with van der Waals surface area (Å²) in [5.74, 6) is -0.384. The van der Waals surface area contributed by atoms with Crippen molar-refractivity contribution in [2.75, 3.05) is 0 Å². The fraction of sp³-hybridized carbons (Fsp3) is 0.308. The number of benzene rings is 1. The van der Waals surface area contributed by atoms with E-state index in [9.17, 15) is 13.8 Å². The lowest BCUT2D eigenvalue weighted by Crippen LogP contribution is -2.11. The third-order valence-corrected chi connectivity index (χ3v) is 5.56. The second-order valence-corrected chi connectivity index (χ2v) is 7.39. The van der Waals surface area contributed by atoms with Gasteiger partial charge in [0.1, 0.15) is 11.5 Å². The number of nitrogens with zero attached hydrogens (tertiary/aromatic N) is 3. The standard InChI is InChI=1S/C13H11BrFN3O3S/c14-9-5-7(1-4-10(9)15)6-11(16-19)12-13(18-21-17-12)22(20)8-2-3-8/h1,4-5,8,19H,2-3,6H2. The zero-order valence-corrected chi connectivity index (χ0v) is 13.6. The minimum absolute atomic E-state index is 0.0607. The van der Waals surface area contributed by atoms with E-state index in [4.69, 9.17) is 0 Å². The third kappa shape index (κ3) is 3.09. The van der Waals surface area contributed by atoms with Crippen LogP contribution in [0.1, 0.15) is 24.1 Å². The molecular formula is C13H11BrFN3O3S. The van der Waals surface area contributed by atoms with Gasteiger partial charge in [-0.3, -0.25) is 4.21 Å². The predicted molar refractivity (Wildman–Crippen MR) is 79.9 cm³/mol. The summed E-state index contributed by atoms with van der Waals surface area (Å²) in [7, 11) is -1.32. The van der Waals surface area contributed by atoms with Crippen molar-refractivity contribution in [2.45, 2.75) is 29.5 Å². The van der Waals surface area contributed by atoms with Crippen molar-refractivity contribution < 1.29 is 18.4 Å². The second kappa shape index (κ2) is 6.25. The molecule has 0 spiro atoms. The first-order valence-corrected chi connectivity index (χ1v) is 8.49. The molecule has 1 fully saturated rings. The normalized spacial score (nSPS) is 16.7. The minimum Gasteiger partial charge on any atom is -0.411 e. The van der Waals surface area contributed by atoms with Crippen molar-refractivity contribution in [2.24, 2.45) is 5.16 Å². The highest BCUT2D eigenvalue weighted by molar-refractivity contribution is 9.10. The van der Waals surface area contributed by atoms with Crippen LogP contribution in [0, 0.1) is 5.82 Å². The van der Waals surface area contributed by atoms with Crippen molar-refractivity contribution in [3.8, 4) is 0 Å². The van der Waals surface area contributed by atoms with Crippen LogP contribution in [-0.4, -0.2) is 30.7 Å². The maximum absolute atomic E-state index is 13.3. The highest BCUT2D eigenvalue weighted by Gasteiger charge is 2.34. The topological polar surface area (TPSA) is 88.6 Å². The molecule has 1 saturated carbocycles. The van der Waals surface area contributed by atoms with E-state index < -0.39 is 10.8 Å². The second-order valence-electron chi connectivity index (χ2n) is 4.89. The molecule has 1 N–H and O–H groups in total. The summed E-state index contributed by atoms with van der Waals surface area (Å²) in [6, 6.07) is 4.45. The lowest BCUT2D eigenvalue weighted by Gasteiger charge is -2.04. The third-order valence-electron chi connectivity index (χ3n) is 3.23. The Bertz CT molecular complexity index is 761. The summed E-state index contributed by atoms with van der Waals surface area (Å²) in [5, 5.41) is 20.1. The van der Waals surface area contributed by atoms with Crippen molar-refractivity contribution in [3.63, 3.8) is 0 Å². The fourth-order valence-electron chi connectivity index (χ4n) is 1.94. The molecule has 0 saturated heterocycles. The number of hydrogen-bond acceptors (Lipinski definition) is 6. The van der Waals surface area contributed by atoms with E-state index in [0.717, 1.165) is 12.8 Å². The number of hydrogen-bond donors (Lipinski definition) is 1.